The molecule has 1 atom stereocenters. The lowest BCUT2D eigenvalue weighted by atomic mass is 10.3. The van der Waals surface area contributed by atoms with Crippen LogP contribution in [-0.4, -0.2) is 83.2 Å². The number of hydrogen-bond acceptors (Lipinski definition) is 6. The van der Waals surface area contributed by atoms with Crippen LogP contribution in [0.5, 0.6) is 0 Å². The Balaban J connectivity index is 1.83. The third-order valence-electron chi connectivity index (χ3n) is 4.22. The van der Waals surface area contributed by atoms with Crippen molar-refractivity contribution >= 4 is 26.8 Å². The van der Waals surface area contributed by atoms with Crippen molar-refractivity contribution in [1.82, 2.24) is 19.7 Å². The van der Waals surface area contributed by atoms with E-state index in [9.17, 15) is 12.6 Å². The summed E-state index contributed by atoms with van der Waals surface area (Å²) in [5.74, 6) is 1.08. The van der Waals surface area contributed by atoms with Crippen molar-refractivity contribution in [3.8, 4) is 0 Å². The molecule has 9 nitrogen and oxygen atoms in total. The number of nitrogens with zero attached hydrogens (tertiary/aromatic N) is 4. The summed E-state index contributed by atoms with van der Waals surface area (Å²) in [5, 5.41) is 6.90. The summed E-state index contributed by atoms with van der Waals surface area (Å²) in [6, 6.07) is 1.56. The van der Waals surface area contributed by atoms with Gasteiger partial charge in [0.1, 0.15) is 12.0 Å². The number of aromatic nitrogens is 1. The maximum absolute atomic E-state index is 12.5. The second-order valence-corrected chi connectivity index (χ2v) is 11.6. The predicted octanol–water partition coefficient (Wildman–Crippen LogP) is 0.245. The summed E-state index contributed by atoms with van der Waals surface area (Å²) >= 11 is 0. The molecule has 2 heterocycles. The third kappa shape index (κ3) is 6.28. The number of sulfonamides is 1. The van der Waals surface area contributed by atoms with Crippen LogP contribution < -0.4 is 5.32 Å². The molecule has 1 saturated heterocycles. The highest BCUT2D eigenvalue weighted by Gasteiger charge is 2.29. The summed E-state index contributed by atoms with van der Waals surface area (Å²) in [6.07, 6.45) is 1.37. The Labute approximate surface area is 163 Å². The van der Waals surface area contributed by atoms with Crippen molar-refractivity contribution in [2.24, 2.45) is 4.99 Å². The van der Waals surface area contributed by atoms with Gasteiger partial charge in [-0.25, -0.2) is 8.42 Å². The molecule has 1 fully saturated rings. The first-order valence-corrected chi connectivity index (χ1v) is 11.8. The van der Waals surface area contributed by atoms with Gasteiger partial charge in [0.05, 0.1) is 5.69 Å². The van der Waals surface area contributed by atoms with Crippen LogP contribution >= 0.6 is 0 Å². The van der Waals surface area contributed by atoms with Gasteiger partial charge in [0.25, 0.3) is 0 Å². The minimum absolute atomic E-state index is 0.158. The second kappa shape index (κ2) is 9.16. The van der Waals surface area contributed by atoms with Crippen LogP contribution in [0.1, 0.15) is 26.5 Å². The van der Waals surface area contributed by atoms with Crippen LogP contribution in [0.15, 0.2) is 21.8 Å². The van der Waals surface area contributed by atoms with Gasteiger partial charge in [-0.15, -0.1) is 0 Å². The second-order valence-electron chi connectivity index (χ2n) is 7.27. The van der Waals surface area contributed by atoms with Crippen LogP contribution in [0.2, 0.25) is 0 Å². The SMILES string of the molecule is CN=C(NCCS(=O)C(C)(C)C)N1CCN(S(=O)(=O)Cc2ccon2)CC1. The van der Waals surface area contributed by atoms with Crippen LogP contribution in [0.3, 0.4) is 0 Å². The van der Waals surface area contributed by atoms with Crippen molar-refractivity contribution in [2.75, 3.05) is 45.5 Å². The zero-order chi connectivity index (χ0) is 20.1. The molecular formula is C16H29N5O4S2. The molecule has 0 saturated carbocycles. The highest BCUT2D eigenvalue weighted by molar-refractivity contribution is 7.88. The zero-order valence-electron chi connectivity index (χ0n) is 16.3. The van der Waals surface area contributed by atoms with Gasteiger partial charge in [-0.1, -0.05) is 5.16 Å². The maximum atomic E-state index is 12.5. The van der Waals surface area contributed by atoms with E-state index in [1.807, 2.05) is 25.7 Å². The molecule has 1 unspecified atom stereocenters. The number of nitrogens with one attached hydrogen (secondary N) is 1. The normalized spacial score (nSPS) is 18.5. The van der Waals surface area contributed by atoms with Gasteiger partial charge in [-0.05, 0) is 20.8 Å². The summed E-state index contributed by atoms with van der Waals surface area (Å²) in [6.45, 7) is 8.27. The molecule has 0 amide bonds. The molecule has 1 N–H and O–H groups in total. The van der Waals surface area contributed by atoms with Gasteiger partial charge in [0.2, 0.25) is 10.0 Å². The number of hydrogen-bond donors (Lipinski definition) is 1. The summed E-state index contributed by atoms with van der Waals surface area (Å²) < 4.78 is 43.0. The molecule has 0 bridgehead atoms. The molecule has 0 spiro atoms. The van der Waals surface area contributed by atoms with Gasteiger partial charge in [-0.3, -0.25) is 9.20 Å². The Kier molecular flexibility index (Phi) is 7.40. The van der Waals surface area contributed by atoms with E-state index in [-0.39, 0.29) is 10.5 Å². The van der Waals surface area contributed by atoms with Crippen LogP contribution in [0.25, 0.3) is 0 Å². The van der Waals surface area contributed by atoms with E-state index in [0.29, 0.717) is 50.1 Å². The lowest BCUT2D eigenvalue weighted by molar-refractivity contribution is 0.260. The molecule has 154 valence electrons. The molecule has 0 aromatic carbocycles. The average Bonchev–Trinajstić information content (AvgIpc) is 3.10. The quantitative estimate of drug-likeness (QED) is 0.520. The molecule has 1 aliphatic rings. The fraction of sp³-hybridized carbons (Fsp3) is 0.750. The lowest BCUT2D eigenvalue weighted by Crippen LogP contribution is -2.54. The summed E-state index contributed by atoms with van der Waals surface area (Å²) in [7, 11) is -2.66. The summed E-state index contributed by atoms with van der Waals surface area (Å²) in [5.41, 5.74) is 0.404. The topological polar surface area (TPSA) is 108 Å². The molecule has 27 heavy (non-hydrogen) atoms. The minimum atomic E-state index is -3.42. The molecule has 1 aromatic rings. The van der Waals surface area contributed by atoms with Gasteiger partial charge < -0.3 is 14.7 Å². The zero-order valence-corrected chi connectivity index (χ0v) is 18.0. The Morgan fingerprint density at radius 2 is 2.00 bits per heavy atom. The number of rotatable bonds is 6. The summed E-state index contributed by atoms with van der Waals surface area (Å²) in [4.78, 5) is 6.28. The number of piperazine rings is 1. The first-order chi connectivity index (χ1) is 12.6. The van der Waals surface area contributed by atoms with E-state index >= 15 is 0 Å². The first kappa shape index (κ1) is 21.8. The van der Waals surface area contributed by atoms with Crippen molar-refractivity contribution in [3.63, 3.8) is 0 Å². The number of guanidine groups is 1. The molecule has 0 aliphatic carbocycles. The fourth-order valence-electron chi connectivity index (χ4n) is 2.66. The standard InChI is InChI=1S/C16H29N5O4S2/c1-16(2,3)26(22)12-6-18-15(17-4)20-7-9-21(10-8-20)27(23,24)13-14-5-11-25-19-14/h5,11H,6-10,12-13H2,1-4H3,(H,17,18). The van der Waals surface area contributed by atoms with Crippen molar-refractivity contribution in [3.05, 3.63) is 18.0 Å². The Bertz CT molecular complexity index is 748. The Morgan fingerprint density at radius 3 is 2.52 bits per heavy atom. The van der Waals surface area contributed by atoms with Crippen molar-refractivity contribution in [1.29, 1.82) is 0 Å². The largest absolute Gasteiger partial charge is 0.364 e. The monoisotopic (exact) mass is 419 g/mol. The molecule has 0 radical (unpaired) electrons. The van der Waals surface area contributed by atoms with E-state index < -0.39 is 20.8 Å². The fourth-order valence-corrected chi connectivity index (χ4v) is 4.99. The third-order valence-corrected chi connectivity index (χ3v) is 7.97. The van der Waals surface area contributed by atoms with Crippen LogP contribution in [-0.2, 0) is 26.6 Å². The molecule has 1 aliphatic heterocycles. The van der Waals surface area contributed by atoms with Crippen molar-refractivity contribution in [2.45, 2.75) is 31.3 Å². The van der Waals surface area contributed by atoms with Crippen LogP contribution in [0, 0.1) is 0 Å². The highest BCUT2D eigenvalue weighted by Crippen LogP contribution is 2.13. The first-order valence-electron chi connectivity index (χ1n) is 8.84. The van der Waals surface area contributed by atoms with Crippen molar-refractivity contribution < 1.29 is 17.1 Å². The van der Waals surface area contributed by atoms with E-state index in [1.165, 1.54) is 10.6 Å². The Hall–Kier alpha value is -1.46. The number of aliphatic imine (C=N–C) groups is 1. The molecule has 2 rings (SSSR count). The van der Waals surface area contributed by atoms with E-state index in [2.05, 4.69) is 15.5 Å². The Morgan fingerprint density at radius 1 is 1.33 bits per heavy atom. The van der Waals surface area contributed by atoms with Crippen LogP contribution in [0.4, 0.5) is 0 Å². The molecule has 11 heteroatoms. The van der Waals surface area contributed by atoms with E-state index in [4.69, 9.17) is 4.52 Å². The van der Waals surface area contributed by atoms with E-state index in [0.717, 1.165) is 0 Å². The van der Waals surface area contributed by atoms with Gasteiger partial charge in [0, 0.05) is 67.1 Å². The van der Waals surface area contributed by atoms with E-state index in [1.54, 1.807) is 13.1 Å². The lowest BCUT2D eigenvalue weighted by Gasteiger charge is -2.35. The highest BCUT2D eigenvalue weighted by atomic mass is 32.2. The average molecular weight is 420 g/mol. The van der Waals surface area contributed by atoms with Gasteiger partial charge in [-0.2, -0.15) is 4.31 Å². The molecular weight excluding hydrogens is 390 g/mol. The van der Waals surface area contributed by atoms with Gasteiger partial charge in [0.15, 0.2) is 5.96 Å². The van der Waals surface area contributed by atoms with Gasteiger partial charge >= 0.3 is 0 Å². The smallest absolute Gasteiger partial charge is 0.220 e. The predicted molar refractivity (Wildman–Crippen MR) is 106 cm³/mol. The maximum Gasteiger partial charge on any atom is 0.220 e. The minimum Gasteiger partial charge on any atom is -0.364 e. The molecule has 1 aromatic heterocycles.